The Labute approximate surface area is 187 Å². The predicted molar refractivity (Wildman–Crippen MR) is 120 cm³/mol. The Hall–Kier alpha value is -3.11. The summed E-state index contributed by atoms with van der Waals surface area (Å²) in [6, 6.07) is 10.7. The molecule has 7 nitrogen and oxygen atoms in total. The molecular formula is C21H20FN3O4S2. The number of thioether (sulfide) groups is 1. The van der Waals surface area contributed by atoms with Crippen LogP contribution in [0.1, 0.15) is 5.69 Å². The molecule has 0 aliphatic heterocycles. The second-order valence-electron chi connectivity index (χ2n) is 6.24. The smallest absolute Gasteiger partial charge is 0.234 e. The zero-order chi connectivity index (χ0) is 22.2. The molecule has 0 fully saturated rings. The second-order valence-corrected chi connectivity index (χ2v) is 8.32. The normalized spacial score (nSPS) is 10.4. The van der Waals surface area contributed by atoms with Crippen LogP contribution in [0.3, 0.4) is 0 Å². The van der Waals surface area contributed by atoms with Crippen LogP contribution in [0, 0.1) is 5.82 Å². The molecule has 2 amide bonds. The van der Waals surface area contributed by atoms with Crippen molar-refractivity contribution in [1.29, 1.82) is 0 Å². The summed E-state index contributed by atoms with van der Waals surface area (Å²) in [5, 5.41) is 7.28. The van der Waals surface area contributed by atoms with Crippen molar-refractivity contribution in [2.75, 3.05) is 30.6 Å². The zero-order valence-electron chi connectivity index (χ0n) is 16.8. The molecule has 0 saturated carbocycles. The van der Waals surface area contributed by atoms with Crippen molar-refractivity contribution in [1.82, 2.24) is 4.98 Å². The van der Waals surface area contributed by atoms with E-state index < -0.39 is 0 Å². The molecule has 0 atom stereocenters. The van der Waals surface area contributed by atoms with E-state index in [4.69, 9.17) is 9.47 Å². The molecule has 31 heavy (non-hydrogen) atoms. The summed E-state index contributed by atoms with van der Waals surface area (Å²) in [4.78, 5) is 28.7. The molecule has 1 heterocycles. The summed E-state index contributed by atoms with van der Waals surface area (Å²) in [5.74, 6) is 0.444. The Morgan fingerprint density at radius 3 is 2.39 bits per heavy atom. The Bertz CT molecular complexity index is 1060. The summed E-state index contributed by atoms with van der Waals surface area (Å²) in [6.45, 7) is 0. The Morgan fingerprint density at radius 1 is 1.00 bits per heavy atom. The first-order valence-electron chi connectivity index (χ1n) is 9.11. The van der Waals surface area contributed by atoms with Crippen LogP contribution < -0.4 is 20.1 Å². The van der Waals surface area contributed by atoms with Gasteiger partial charge >= 0.3 is 0 Å². The van der Waals surface area contributed by atoms with Crippen LogP contribution in [0.4, 0.5) is 15.8 Å². The maximum absolute atomic E-state index is 12.9. The van der Waals surface area contributed by atoms with Gasteiger partial charge in [0.1, 0.15) is 5.82 Å². The number of nitrogens with zero attached hydrogens (tertiary/aromatic N) is 1. The van der Waals surface area contributed by atoms with Crippen molar-refractivity contribution in [2.45, 2.75) is 10.8 Å². The maximum Gasteiger partial charge on any atom is 0.234 e. The number of methoxy groups -OCH3 is 2. The van der Waals surface area contributed by atoms with E-state index in [1.807, 2.05) is 0 Å². The van der Waals surface area contributed by atoms with Gasteiger partial charge in [-0.2, -0.15) is 0 Å². The van der Waals surface area contributed by atoms with E-state index in [9.17, 15) is 14.0 Å². The van der Waals surface area contributed by atoms with Gasteiger partial charge in [-0.25, -0.2) is 9.37 Å². The van der Waals surface area contributed by atoms with Gasteiger partial charge in [-0.3, -0.25) is 9.59 Å². The molecule has 0 saturated heterocycles. The fraction of sp³-hybridized carbons (Fsp3) is 0.190. The summed E-state index contributed by atoms with van der Waals surface area (Å²) < 4.78 is 24.0. The van der Waals surface area contributed by atoms with Crippen LogP contribution in [0.2, 0.25) is 0 Å². The fourth-order valence-electron chi connectivity index (χ4n) is 2.58. The van der Waals surface area contributed by atoms with Crippen molar-refractivity contribution < 1.29 is 23.5 Å². The number of aromatic nitrogens is 1. The SMILES string of the molecule is COc1ccc(NC(=O)Cc2csc(SCC(=O)Nc3ccc(F)cc3)n2)cc1OC. The third-order valence-electron chi connectivity index (χ3n) is 3.99. The number of ether oxygens (including phenoxy) is 2. The largest absolute Gasteiger partial charge is 0.493 e. The molecule has 0 radical (unpaired) electrons. The molecule has 0 unspecified atom stereocenters. The predicted octanol–water partition coefficient (Wildman–Crippen LogP) is 4.21. The van der Waals surface area contributed by atoms with Crippen LogP contribution >= 0.6 is 23.1 Å². The van der Waals surface area contributed by atoms with Crippen molar-refractivity contribution in [2.24, 2.45) is 0 Å². The van der Waals surface area contributed by atoms with E-state index in [0.717, 1.165) is 0 Å². The molecule has 0 aliphatic carbocycles. The number of nitrogens with one attached hydrogen (secondary N) is 2. The lowest BCUT2D eigenvalue weighted by Gasteiger charge is -2.10. The number of amides is 2. The minimum Gasteiger partial charge on any atom is -0.493 e. The average molecular weight is 462 g/mol. The van der Waals surface area contributed by atoms with E-state index in [2.05, 4.69) is 15.6 Å². The quantitative estimate of drug-likeness (QED) is 0.464. The Balaban J connectivity index is 1.48. The molecule has 3 rings (SSSR count). The van der Waals surface area contributed by atoms with E-state index in [1.54, 1.807) is 30.7 Å². The van der Waals surface area contributed by atoms with E-state index in [-0.39, 0.29) is 29.8 Å². The first-order chi connectivity index (χ1) is 15.0. The highest BCUT2D eigenvalue weighted by Crippen LogP contribution is 2.30. The van der Waals surface area contributed by atoms with Gasteiger partial charge < -0.3 is 20.1 Å². The van der Waals surface area contributed by atoms with Gasteiger partial charge in [-0.15, -0.1) is 11.3 Å². The molecule has 0 spiro atoms. The monoisotopic (exact) mass is 461 g/mol. The van der Waals surface area contributed by atoms with Crippen LogP contribution in [-0.4, -0.2) is 36.8 Å². The third kappa shape index (κ3) is 6.69. The fourth-order valence-corrected chi connectivity index (χ4v) is 4.22. The number of hydrogen-bond acceptors (Lipinski definition) is 7. The van der Waals surface area contributed by atoms with E-state index >= 15 is 0 Å². The van der Waals surface area contributed by atoms with Crippen molar-refractivity contribution >= 4 is 46.3 Å². The topological polar surface area (TPSA) is 89.5 Å². The highest BCUT2D eigenvalue weighted by Gasteiger charge is 2.12. The minimum atomic E-state index is -0.363. The number of carbonyl (C=O) groups excluding carboxylic acids is 2. The summed E-state index contributed by atoms with van der Waals surface area (Å²) in [5.41, 5.74) is 1.73. The van der Waals surface area contributed by atoms with Gasteiger partial charge in [0.05, 0.1) is 32.1 Å². The van der Waals surface area contributed by atoms with Gasteiger partial charge in [0.2, 0.25) is 11.8 Å². The van der Waals surface area contributed by atoms with Crippen molar-refractivity contribution in [3.8, 4) is 11.5 Å². The summed E-state index contributed by atoms with van der Waals surface area (Å²) in [7, 11) is 3.07. The van der Waals surface area contributed by atoms with Crippen LogP contribution in [-0.2, 0) is 16.0 Å². The van der Waals surface area contributed by atoms with Crippen LogP contribution in [0.25, 0.3) is 0 Å². The highest BCUT2D eigenvalue weighted by molar-refractivity contribution is 8.01. The molecule has 0 aliphatic rings. The number of thiazole rings is 1. The summed E-state index contributed by atoms with van der Waals surface area (Å²) >= 11 is 2.64. The number of carbonyl (C=O) groups is 2. The maximum atomic E-state index is 12.9. The van der Waals surface area contributed by atoms with Crippen molar-refractivity contribution in [3.63, 3.8) is 0 Å². The summed E-state index contributed by atoms with van der Waals surface area (Å²) in [6.07, 6.45) is 0.104. The Kier molecular flexibility index (Phi) is 7.85. The lowest BCUT2D eigenvalue weighted by Crippen LogP contribution is -2.15. The lowest BCUT2D eigenvalue weighted by molar-refractivity contribution is -0.116. The first-order valence-corrected chi connectivity index (χ1v) is 11.0. The van der Waals surface area contributed by atoms with Gasteiger partial charge in [-0.05, 0) is 36.4 Å². The molecule has 0 bridgehead atoms. The lowest BCUT2D eigenvalue weighted by atomic mass is 10.2. The van der Waals surface area contributed by atoms with Gasteiger partial charge in [0.15, 0.2) is 15.8 Å². The van der Waals surface area contributed by atoms with Gasteiger partial charge in [-0.1, -0.05) is 11.8 Å². The molecule has 162 valence electrons. The van der Waals surface area contributed by atoms with E-state index in [0.29, 0.717) is 32.9 Å². The minimum absolute atomic E-state index is 0.104. The third-order valence-corrected chi connectivity index (χ3v) is 6.06. The Morgan fingerprint density at radius 2 is 1.68 bits per heavy atom. The molecule has 2 aromatic carbocycles. The first kappa shape index (κ1) is 22.6. The molecule has 2 N–H and O–H groups in total. The highest BCUT2D eigenvalue weighted by atomic mass is 32.2. The number of anilines is 2. The van der Waals surface area contributed by atoms with Gasteiger partial charge in [0, 0.05) is 22.8 Å². The number of benzene rings is 2. The standard InChI is InChI=1S/C21H20FN3O4S2/c1-28-17-8-7-15(9-18(17)29-2)24-19(26)10-16-11-30-21(25-16)31-12-20(27)23-14-5-3-13(22)4-6-14/h3-9,11H,10,12H2,1-2H3,(H,23,27)(H,24,26). The second kappa shape index (κ2) is 10.8. The van der Waals surface area contributed by atoms with E-state index in [1.165, 1.54) is 54.5 Å². The molecule has 3 aromatic rings. The molecule has 10 heteroatoms. The average Bonchev–Trinajstić information content (AvgIpc) is 3.21. The number of halogens is 1. The van der Waals surface area contributed by atoms with Crippen molar-refractivity contribution in [3.05, 3.63) is 59.4 Å². The van der Waals surface area contributed by atoms with Crippen LogP contribution in [0.15, 0.2) is 52.2 Å². The zero-order valence-corrected chi connectivity index (χ0v) is 18.4. The molecular weight excluding hydrogens is 441 g/mol. The van der Waals surface area contributed by atoms with Crippen LogP contribution in [0.5, 0.6) is 11.5 Å². The number of hydrogen-bond donors (Lipinski definition) is 2. The van der Waals surface area contributed by atoms with Gasteiger partial charge in [0.25, 0.3) is 0 Å². The molecule has 1 aromatic heterocycles. The number of rotatable bonds is 9.